The van der Waals surface area contributed by atoms with E-state index in [1.165, 1.54) is 18.4 Å². The molecular weight excluding hydrogens is 238 g/mol. The first-order chi connectivity index (χ1) is 9.19. The summed E-state index contributed by atoms with van der Waals surface area (Å²) in [6, 6.07) is 7.95. The summed E-state index contributed by atoms with van der Waals surface area (Å²) < 4.78 is 5.71. The molecule has 3 N–H and O–H groups in total. The van der Waals surface area contributed by atoms with E-state index >= 15 is 0 Å². The lowest BCUT2D eigenvalue weighted by atomic mass is 10.1. The Morgan fingerprint density at radius 2 is 2.16 bits per heavy atom. The Kier molecular flexibility index (Phi) is 4.93. The molecule has 1 aliphatic heterocycles. The highest BCUT2D eigenvalue weighted by atomic mass is 16.5. The van der Waals surface area contributed by atoms with Crippen LogP contribution in [0.5, 0.6) is 0 Å². The van der Waals surface area contributed by atoms with Crippen molar-refractivity contribution >= 4 is 5.84 Å². The second kappa shape index (κ2) is 6.68. The first-order valence-electron chi connectivity index (χ1n) is 6.96. The molecule has 1 fully saturated rings. The predicted molar refractivity (Wildman–Crippen MR) is 77.4 cm³/mol. The zero-order chi connectivity index (χ0) is 13.7. The summed E-state index contributed by atoms with van der Waals surface area (Å²) in [6.45, 7) is 5.95. The minimum Gasteiger partial charge on any atom is -0.384 e. The van der Waals surface area contributed by atoms with Crippen LogP contribution < -0.4 is 5.73 Å². The van der Waals surface area contributed by atoms with E-state index in [-0.39, 0.29) is 5.84 Å². The molecule has 0 radical (unpaired) electrons. The van der Waals surface area contributed by atoms with Gasteiger partial charge in [-0.1, -0.05) is 24.3 Å². The van der Waals surface area contributed by atoms with Crippen LogP contribution in [0.2, 0.25) is 0 Å². The van der Waals surface area contributed by atoms with Gasteiger partial charge >= 0.3 is 0 Å². The van der Waals surface area contributed by atoms with Gasteiger partial charge in [-0.3, -0.25) is 10.3 Å². The minimum atomic E-state index is 0.126. The second-order valence-corrected chi connectivity index (χ2v) is 5.07. The monoisotopic (exact) mass is 261 g/mol. The number of ether oxygens (including phenoxy) is 1. The molecule has 1 aromatic carbocycles. The van der Waals surface area contributed by atoms with Crippen LogP contribution >= 0.6 is 0 Å². The Morgan fingerprint density at radius 3 is 2.79 bits per heavy atom. The number of rotatable bonds is 5. The summed E-state index contributed by atoms with van der Waals surface area (Å²) in [7, 11) is 0. The van der Waals surface area contributed by atoms with Gasteiger partial charge in [0.05, 0.1) is 6.10 Å². The lowest BCUT2D eigenvalue weighted by molar-refractivity contribution is 0.00363. The van der Waals surface area contributed by atoms with Gasteiger partial charge in [0.25, 0.3) is 0 Å². The van der Waals surface area contributed by atoms with Crippen molar-refractivity contribution in [3.05, 3.63) is 35.4 Å². The fourth-order valence-corrected chi connectivity index (χ4v) is 2.58. The molecule has 4 heteroatoms. The van der Waals surface area contributed by atoms with Crippen LogP contribution in [0, 0.1) is 5.41 Å². The van der Waals surface area contributed by atoms with E-state index < -0.39 is 0 Å². The molecule has 0 spiro atoms. The Bertz CT molecular complexity index is 414. The van der Waals surface area contributed by atoms with Crippen LogP contribution in [0.4, 0.5) is 0 Å². The molecule has 0 bridgehead atoms. The zero-order valence-corrected chi connectivity index (χ0v) is 11.6. The molecule has 1 aromatic rings. The van der Waals surface area contributed by atoms with Crippen LogP contribution in [0.15, 0.2) is 24.3 Å². The van der Waals surface area contributed by atoms with Gasteiger partial charge in [-0.05, 0) is 31.9 Å². The Hall–Kier alpha value is -1.39. The standard InChI is InChI=1S/C15H23N3O/c1-2-19-14-4-3-9-18(11-14)10-12-5-7-13(8-6-12)15(16)17/h5-8,14H,2-4,9-11H2,1H3,(H3,16,17). The number of piperidine rings is 1. The summed E-state index contributed by atoms with van der Waals surface area (Å²) in [4.78, 5) is 2.44. The van der Waals surface area contributed by atoms with Crippen molar-refractivity contribution in [1.82, 2.24) is 4.90 Å². The van der Waals surface area contributed by atoms with E-state index in [1.807, 2.05) is 12.1 Å². The molecule has 1 heterocycles. The SMILES string of the molecule is CCOC1CCCN(Cc2ccc(C(=N)N)cc2)C1. The third kappa shape index (κ3) is 4.04. The predicted octanol–water partition coefficient (Wildman–Crippen LogP) is 1.97. The first-order valence-corrected chi connectivity index (χ1v) is 6.96. The number of benzene rings is 1. The molecule has 1 atom stereocenters. The van der Waals surface area contributed by atoms with Gasteiger partial charge in [-0.25, -0.2) is 0 Å². The molecule has 2 rings (SSSR count). The summed E-state index contributed by atoms with van der Waals surface area (Å²) in [5, 5.41) is 7.38. The lowest BCUT2D eigenvalue weighted by Crippen LogP contribution is -2.39. The van der Waals surface area contributed by atoms with E-state index in [4.69, 9.17) is 15.9 Å². The second-order valence-electron chi connectivity index (χ2n) is 5.07. The number of nitrogens with two attached hydrogens (primary N) is 1. The van der Waals surface area contributed by atoms with Gasteiger partial charge in [0.2, 0.25) is 0 Å². The van der Waals surface area contributed by atoms with Crippen molar-refractivity contribution in [2.75, 3.05) is 19.7 Å². The molecule has 1 saturated heterocycles. The molecule has 0 aliphatic carbocycles. The van der Waals surface area contributed by atoms with E-state index in [1.54, 1.807) is 0 Å². The van der Waals surface area contributed by atoms with E-state index in [0.29, 0.717) is 6.10 Å². The molecule has 1 aliphatic rings. The van der Waals surface area contributed by atoms with Gasteiger partial charge in [0.15, 0.2) is 0 Å². The summed E-state index contributed by atoms with van der Waals surface area (Å²) in [5.74, 6) is 0.126. The zero-order valence-electron chi connectivity index (χ0n) is 11.6. The fraction of sp³-hybridized carbons (Fsp3) is 0.533. The van der Waals surface area contributed by atoms with Crippen LogP contribution in [0.1, 0.15) is 30.9 Å². The number of nitrogens with zero attached hydrogens (tertiary/aromatic N) is 1. The normalized spacial score (nSPS) is 20.4. The third-order valence-electron chi connectivity index (χ3n) is 3.54. The molecule has 0 aromatic heterocycles. The van der Waals surface area contributed by atoms with Crippen molar-refractivity contribution in [1.29, 1.82) is 5.41 Å². The van der Waals surface area contributed by atoms with Crippen LogP contribution in [-0.2, 0) is 11.3 Å². The van der Waals surface area contributed by atoms with Crippen LogP contribution in [0.3, 0.4) is 0 Å². The number of amidine groups is 1. The third-order valence-corrected chi connectivity index (χ3v) is 3.54. The molecule has 19 heavy (non-hydrogen) atoms. The van der Waals surface area contributed by atoms with Gasteiger partial charge in [-0.15, -0.1) is 0 Å². The highest BCUT2D eigenvalue weighted by Crippen LogP contribution is 2.16. The molecule has 4 nitrogen and oxygen atoms in total. The topological polar surface area (TPSA) is 62.3 Å². The van der Waals surface area contributed by atoms with Crippen molar-refractivity contribution in [2.45, 2.75) is 32.4 Å². The number of nitrogens with one attached hydrogen (secondary N) is 1. The van der Waals surface area contributed by atoms with Gasteiger partial charge in [-0.2, -0.15) is 0 Å². The molecule has 104 valence electrons. The van der Waals surface area contributed by atoms with Gasteiger partial charge in [0, 0.05) is 25.3 Å². The summed E-state index contributed by atoms with van der Waals surface area (Å²) in [5.41, 5.74) is 7.51. The van der Waals surface area contributed by atoms with E-state index in [2.05, 4.69) is 24.0 Å². The van der Waals surface area contributed by atoms with Crippen molar-refractivity contribution in [2.24, 2.45) is 5.73 Å². The van der Waals surface area contributed by atoms with Gasteiger partial charge < -0.3 is 10.5 Å². The molecular formula is C15H23N3O. The maximum absolute atomic E-state index is 7.38. The van der Waals surface area contributed by atoms with Gasteiger partial charge in [0.1, 0.15) is 5.84 Å². The summed E-state index contributed by atoms with van der Waals surface area (Å²) >= 11 is 0. The number of hydrogen-bond acceptors (Lipinski definition) is 3. The number of nitrogen functional groups attached to an aromatic ring is 1. The highest BCUT2D eigenvalue weighted by Gasteiger charge is 2.19. The van der Waals surface area contributed by atoms with E-state index in [9.17, 15) is 0 Å². The minimum absolute atomic E-state index is 0.126. The Morgan fingerprint density at radius 1 is 1.42 bits per heavy atom. The Labute approximate surface area is 115 Å². The largest absolute Gasteiger partial charge is 0.384 e. The highest BCUT2D eigenvalue weighted by molar-refractivity contribution is 5.94. The maximum Gasteiger partial charge on any atom is 0.122 e. The average Bonchev–Trinajstić information content (AvgIpc) is 2.40. The van der Waals surface area contributed by atoms with Crippen LogP contribution in [0.25, 0.3) is 0 Å². The van der Waals surface area contributed by atoms with Crippen LogP contribution in [-0.4, -0.2) is 36.5 Å². The number of likely N-dealkylation sites (tertiary alicyclic amines) is 1. The van der Waals surface area contributed by atoms with Crippen molar-refractivity contribution in [3.8, 4) is 0 Å². The van der Waals surface area contributed by atoms with E-state index in [0.717, 1.165) is 31.8 Å². The molecule has 0 amide bonds. The smallest absolute Gasteiger partial charge is 0.122 e. The molecule has 1 unspecified atom stereocenters. The number of hydrogen-bond donors (Lipinski definition) is 2. The fourth-order valence-electron chi connectivity index (χ4n) is 2.58. The first kappa shape index (κ1) is 14.0. The van der Waals surface area contributed by atoms with Crippen molar-refractivity contribution in [3.63, 3.8) is 0 Å². The lowest BCUT2D eigenvalue weighted by Gasteiger charge is -2.32. The quantitative estimate of drug-likeness (QED) is 0.629. The molecule has 0 saturated carbocycles. The summed E-state index contributed by atoms with van der Waals surface area (Å²) in [6.07, 6.45) is 2.76. The Balaban J connectivity index is 1.91. The average molecular weight is 261 g/mol. The van der Waals surface area contributed by atoms with Crippen molar-refractivity contribution < 1.29 is 4.74 Å². The maximum atomic E-state index is 7.38.